The number of carbonyl (C=O) groups is 2. The Balaban J connectivity index is 1.64. The maximum absolute atomic E-state index is 15.2. The van der Waals surface area contributed by atoms with Crippen LogP contribution in [0.3, 0.4) is 0 Å². The van der Waals surface area contributed by atoms with Crippen molar-refractivity contribution >= 4 is 41.0 Å². The first-order valence-electron chi connectivity index (χ1n) is 10.4. The lowest BCUT2D eigenvalue weighted by atomic mass is 10.1. The molecule has 182 valence electrons. The van der Waals surface area contributed by atoms with Crippen molar-refractivity contribution in [1.82, 2.24) is 15.3 Å². The summed E-state index contributed by atoms with van der Waals surface area (Å²) in [5.74, 6) is -0.271. The summed E-state index contributed by atoms with van der Waals surface area (Å²) in [5, 5.41) is 5.91. The van der Waals surface area contributed by atoms with Gasteiger partial charge in [0.15, 0.2) is 11.6 Å². The van der Waals surface area contributed by atoms with Crippen molar-refractivity contribution in [3.05, 3.63) is 28.7 Å². The summed E-state index contributed by atoms with van der Waals surface area (Å²) in [6.45, 7) is 2.14. The highest BCUT2D eigenvalue weighted by molar-refractivity contribution is 6.35. The number of nitrogens with zero attached hydrogens (tertiary/aromatic N) is 4. The minimum atomic E-state index is -0.789. The van der Waals surface area contributed by atoms with E-state index >= 15 is 4.39 Å². The Morgan fingerprint density at radius 1 is 1.26 bits per heavy atom. The number of urea groups is 1. The van der Waals surface area contributed by atoms with Crippen LogP contribution in [0.15, 0.2) is 12.3 Å². The Morgan fingerprint density at radius 3 is 2.65 bits per heavy atom. The van der Waals surface area contributed by atoms with E-state index in [9.17, 15) is 9.59 Å². The van der Waals surface area contributed by atoms with E-state index in [1.807, 2.05) is 0 Å². The highest BCUT2D eigenvalue weighted by Crippen LogP contribution is 2.44. The van der Waals surface area contributed by atoms with Crippen molar-refractivity contribution in [2.24, 2.45) is 0 Å². The molecule has 2 unspecified atom stereocenters. The van der Waals surface area contributed by atoms with Gasteiger partial charge >= 0.3 is 6.03 Å². The number of methoxy groups -OCH3 is 2. The lowest BCUT2D eigenvalue weighted by Crippen LogP contribution is -2.47. The number of aromatic nitrogens is 2. The van der Waals surface area contributed by atoms with Gasteiger partial charge in [0.2, 0.25) is 11.9 Å². The second kappa shape index (κ2) is 9.47. The Hall–Kier alpha value is -3.38. The number of anilines is 3. The maximum Gasteiger partial charge on any atom is 0.330 e. The highest BCUT2D eigenvalue weighted by atomic mass is 35.5. The zero-order valence-electron chi connectivity index (χ0n) is 19.0. The first-order valence-corrected chi connectivity index (χ1v) is 10.7. The van der Waals surface area contributed by atoms with Crippen LogP contribution in [0, 0.1) is 5.82 Å². The van der Waals surface area contributed by atoms with Crippen LogP contribution in [0.2, 0.25) is 5.02 Å². The average Bonchev–Trinajstić information content (AvgIpc) is 3.23. The molecule has 1 aromatic heterocycles. The molecule has 1 saturated heterocycles. The molecular weight excluding hydrogens is 471 g/mol. The van der Waals surface area contributed by atoms with Gasteiger partial charge in [-0.15, -0.1) is 0 Å². The topological polar surface area (TPSA) is 118 Å². The van der Waals surface area contributed by atoms with Crippen molar-refractivity contribution in [3.63, 3.8) is 0 Å². The number of hydrogen-bond acceptors (Lipinski definition) is 8. The first kappa shape index (κ1) is 23.8. The number of nitrogens with one attached hydrogen (secondary N) is 2. The summed E-state index contributed by atoms with van der Waals surface area (Å²) in [6, 6.07) is 0.295. The van der Waals surface area contributed by atoms with E-state index in [0.29, 0.717) is 24.6 Å². The monoisotopic (exact) mass is 494 g/mol. The predicted octanol–water partition coefficient (Wildman–Crippen LogP) is 2.18. The van der Waals surface area contributed by atoms with Crippen LogP contribution in [0.1, 0.15) is 12.5 Å². The van der Waals surface area contributed by atoms with Gasteiger partial charge in [-0.3, -0.25) is 14.6 Å². The molecule has 0 spiro atoms. The molecule has 0 saturated carbocycles. The van der Waals surface area contributed by atoms with E-state index in [1.165, 1.54) is 44.1 Å². The van der Waals surface area contributed by atoms with Crippen molar-refractivity contribution in [3.8, 4) is 11.5 Å². The summed E-state index contributed by atoms with van der Waals surface area (Å²) in [6.07, 6.45) is 1.55. The van der Waals surface area contributed by atoms with Gasteiger partial charge in [-0.2, -0.15) is 4.98 Å². The van der Waals surface area contributed by atoms with Crippen LogP contribution in [0.25, 0.3) is 0 Å². The molecule has 2 aliphatic heterocycles. The van der Waals surface area contributed by atoms with Crippen LogP contribution in [0.4, 0.5) is 26.6 Å². The minimum Gasteiger partial charge on any atom is -0.495 e. The van der Waals surface area contributed by atoms with Crippen molar-refractivity contribution < 1.29 is 28.2 Å². The molecular formula is C21H24ClFN6O5. The Bertz CT molecular complexity index is 1110. The lowest BCUT2D eigenvalue weighted by molar-refractivity contribution is -0.119. The number of rotatable bonds is 6. The molecule has 1 aromatic carbocycles. The first-order chi connectivity index (χ1) is 16.2. The molecule has 3 amide bonds. The van der Waals surface area contributed by atoms with Crippen LogP contribution >= 0.6 is 11.6 Å². The second-order valence-electron chi connectivity index (χ2n) is 7.82. The standard InChI is InChI=1S/C21H24ClFN6O5/c1-10(30)25-12-8-34-9-13(12)26-20-24-6-11-7-29(21(31)28(2)19(11)27-20)18-16(22)14(32-3)5-15(33-4)17(18)23/h5-6,12-13H,7-9H2,1-4H3,(H,25,30)(H,24,26,27). The molecule has 13 heteroatoms. The van der Waals surface area contributed by atoms with Gasteiger partial charge in [-0.1, -0.05) is 11.6 Å². The summed E-state index contributed by atoms with van der Waals surface area (Å²) in [7, 11) is 4.21. The molecule has 34 heavy (non-hydrogen) atoms. The van der Waals surface area contributed by atoms with Gasteiger partial charge in [-0.05, 0) is 0 Å². The molecule has 4 rings (SSSR count). The number of fused-ring (bicyclic) bond motifs is 1. The molecule has 11 nitrogen and oxygen atoms in total. The number of amides is 3. The smallest absolute Gasteiger partial charge is 0.330 e. The Labute approximate surface area is 200 Å². The van der Waals surface area contributed by atoms with Crippen molar-refractivity contribution in [1.29, 1.82) is 0 Å². The van der Waals surface area contributed by atoms with Gasteiger partial charge in [-0.25, -0.2) is 14.2 Å². The lowest BCUT2D eigenvalue weighted by Gasteiger charge is -2.35. The van der Waals surface area contributed by atoms with E-state index in [2.05, 4.69) is 20.6 Å². The van der Waals surface area contributed by atoms with Crippen LogP contribution in [0.5, 0.6) is 11.5 Å². The van der Waals surface area contributed by atoms with E-state index < -0.39 is 11.8 Å². The fourth-order valence-electron chi connectivity index (χ4n) is 3.93. The van der Waals surface area contributed by atoms with E-state index in [1.54, 1.807) is 6.20 Å². The Kier molecular flexibility index (Phi) is 6.62. The van der Waals surface area contributed by atoms with Crippen molar-refractivity contribution in [2.75, 3.05) is 49.6 Å². The van der Waals surface area contributed by atoms with E-state index in [4.69, 9.17) is 25.8 Å². The number of hydrogen-bond donors (Lipinski definition) is 2. The molecule has 0 aliphatic carbocycles. The fraction of sp³-hybridized carbons (Fsp3) is 0.429. The summed E-state index contributed by atoms with van der Waals surface area (Å²) < 4.78 is 30.9. The SMILES string of the molecule is COc1cc(OC)c(Cl)c(N2Cc3cnc(NC4COCC4NC(C)=O)nc3N(C)C2=O)c1F. The summed E-state index contributed by atoms with van der Waals surface area (Å²) >= 11 is 6.37. The highest BCUT2D eigenvalue weighted by Gasteiger charge is 2.36. The third-order valence-electron chi connectivity index (χ3n) is 5.61. The third kappa shape index (κ3) is 4.26. The Morgan fingerprint density at radius 2 is 1.97 bits per heavy atom. The summed E-state index contributed by atoms with van der Waals surface area (Å²) in [5.41, 5.74) is 0.412. The average molecular weight is 495 g/mol. The quantitative estimate of drug-likeness (QED) is 0.627. The van der Waals surface area contributed by atoms with Gasteiger partial charge < -0.3 is 24.8 Å². The third-order valence-corrected chi connectivity index (χ3v) is 5.98. The second-order valence-corrected chi connectivity index (χ2v) is 8.20. The van der Waals surface area contributed by atoms with Gasteiger partial charge in [0, 0.05) is 31.8 Å². The molecule has 2 N–H and O–H groups in total. The van der Waals surface area contributed by atoms with Gasteiger partial charge in [0.05, 0.1) is 46.1 Å². The molecule has 0 radical (unpaired) electrons. The van der Waals surface area contributed by atoms with Gasteiger partial charge in [0.1, 0.15) is 22.3 Å². The number of halogens is 2. The summed E-state index contributed by atoms with van der Waals surface area (Å²) in [4.78, 5) is 35.9. The maximum atomic E-state index is 15.2. The van der Waals surface area contributed by atoms with E-state index in [-0.39, 0.29) is 52.7 Å². The molecule has 2 aromatic rings. The number of benzene rings is 1. The molecule has 0 bridgehead atoms. The zero-order chi connectivity index (χ0) is 24.6. The van der Waals surface area contributed by atoms with Crippen LogP contribution in [-0.2, 0) is 16.1 Å². The fourth-order valence-corrected chi connectivity index (χ4v) is 4.25. The molecule has 2 aliphatic rings. The zero-order valence-corrected chi connectivity index (χ0v) is 19.8. The minimum absolute atomic E-state index is 0.0210. The normalized spacial score (nSPS) is 19.6. The predicted molar refractivity (Wildman–Crippen MR) is 122 cm³/mol. The number of ether oxygens (including phenoxy) is 3. The van der Waals surface area contributed by atoms with Gasteiger partial charge in [0.25, 0.3) is 0 Å². The largest absolute Gasteiger partial charge is 0.495 e. The molecule has 3 heterocycles. The van der Waals surface area contributed by atoms with Crippen molar-refractivity contribution in [2.45, 2.75) is 25.6 Å². The number of carbonyl (C=O) groups excluding carboxylic acids is 2. The molecule has 2 atom stereocenters. The van der Waals surface area contributed by atoms with Crippen LogP contribution < -0.4 is 29.9 Å². The van der Waals surface area contributed by atoms with E-state index in [0.717, 1.165) is 0 Å². The molecule has 1 fully saturated rings. The van der Waals surface area contributed by atoms with Crippen LogP contribution in [-0.4, -0.2) is 68.5 Å².